The van der Waals surface area contributed by atoms with Crippen LogP contribution in [0, 0.1) is 32.6 Å². The summed E-state index contributed by atoms with van der Waals surface area (Å²) in [5, 5.41) is 3.31. The molecule has 1 aromatic carbocycles. The second-order valence-corrected chi connectivity index (χ2v) is 11.9. The van der Waals surface area contributed by atoms with Gasteiger partial charge in [0.05, 0.1) is 16.1 Å². The zero-order valence-electron chi connectivity index (χ0n) is 21.4. The first-order valence-corrected chi connectivity index (χ1v) is 13.9. The van der Waals surface area contributed by atoms with Gasteiger partial charge < -0.3 is 15.1 Å². The number of pyridine rings is 1. The average molecular weight is 500 g/mol. The lowest BCUT2D eigenvalue weighted by Gasteiger charge is -2.35. The van der Waals surface area contributed by atoms with Gasteiger partial charge in [0.15, 0.2) is 5.82 Å². The van der Waals surface area contributed by atoms with E-state index in [1.165, 1.54) is 0 Å². The average Bonchev–Trinajstić information content (AvgIpc) is 2.77. The predicted octanol–water partition coefficient (Wildman–Crippen LogP) is 3.34. The maximum Gasteiger partial charge on any atom is 0.262 e. The summed E-state index contributed by atoms with van der Waals surface area (Å²) >= 11 is 0. The Bertz CT molecular complexity index is 1170. The fourth-order valence-electron chi connectivity index (χ4n) is 5.58. The van der Waals surface area contributed by atoms with Crippen molar-refractivity contribution in [3.8, 4) is 0 Å². The molecule has 8 nitrogen and oxygen atoms in total. The molecule has 2 saturated heterocycles. The van der Waals surface area contributed by atoms with Crippen molar-refractivity contribution >= 4 is 27.4 Å². The minimum absolute atomic E-state index is 0.106. The first-order valence-electron chi connectivity index (χ1n) is 12.4. The van der Waals surface area contributed by atoms with Crippen LogP contribution in [0.15, 0.2) is 29.3 Å². The zero-order valence-corrected chi connectivity index (χ0v) is 22.2. The number of rotatable bonds is 5. The second kappa shape index (κ2) is 10.1. The van der Waals surface area contributed by atoms with Crippen molar-refractivity contribution in [1.29, 1.82) is 0 Å². The molecule has 0 radical (unpaired) electrons. The van der Waals surface area contributed by atoms with Gasteiger partial charge in [-0.2, -0.15) is 0 Å². The van der Waals surface area contributed by atoms with E-state index in [0.29, 0.717) is 66.2 Å². The van der Waals surface area contributed by atoms with Crippen LogP contribution >= 0.6 is 0 Å². The number of piperazine rings is 1. The molecule has 2 aliphatic rings. The van der Waals surface area contributed by atoms with Gasteiger partial charge in [-0.25, -0.2) is 13.4 Å². The summed E-state index contributed by atoms with van der Waals surface area (Å²) in [4.78, 5) is 22.2. The van der Waals surface area contributed by atoms with Crippen LogP contribution in [0.1, 0.15) is 47.3 Å². The van der Waals surface area contributed by atoms with Gasteiger partial charge in [-0.3, -0.25) is 9.52 Å². The number of carbonyl (C=O) groups is 1. The van der Waals surface area contributed by atoms with Crippen LogP contribution in [0.3, 0.4) is 0 Å². The van der Waals surface area contributed by atoms with E-state index in [-0.39, 0.29) is 10.8 Å². The molecule has 0 aliphatic carbocycles. The Morgan fingerprint density at radius 2 is 1.63 bits per heavy atom. The number of nitrogens with zero attached hydrogens (tertiary/aromatic N) is 3. The fourth-order valence-corrected chi connectivity index (χ4v) is 7.08. The van der Waals surface area contributed by atoms with Crippen LogP contribution in [0.4, 0.5) is 11.5 Å². The Labute approximate surface area is 209 Å². The molecule has 0 bridgehead atoms. The lowest BCUT2D eigenvalue weighted by atomic mass is 9.91. The van der Waals surface area contributed by atoms with E-state index in [1.54, 1.807) is 12.3 Å². The van der Waals surface area contributed by atoms with E-state index in [4.69, 9.17) is 0 Å². The normalized spacial score (nSPS) is 21.2. The molecule has 2 unspecified atom stereocenters. The number of benzene rings is 1. The monoisotopic (exact) mass is 499 g/mol. The highest BCUT2D eigenvalue weighted by atomic mass is 32.2. The SMILES string of the molecule is Cc1cc(C)c(S(=O)(=O)Nc2cc(C(=O)N3CC(C)CC(C)C3)cnc2N2CCNCC2)c(C)c1. The summed E-state index contributed by atoms with van der Waals surface area (Å²) in [6, 6.07) is 5.40. The zero-order chi connectivity index (χ0) is 25.3. The molecule has 4 rings (SSSR count). The molecule has 2 N–H and O–H groups in total. The molecule has 2 atom stereocenters. The van der Waals surface area contributed by atoms with Crippen LogP contribution in [0.25, 0.3) is 0 Å². The minimum Gasteiger partial charge on any atom is -0.352 e. The molecule has 2 aromatic rings. The van der Waals surface area contributed by atoms with Crippen molar-refractivity contribution in [2.45, 2.75) is 45.9 Å². The number of piperidine rings is 1. The minimum atomic E-state index is -3.89. The highest BCUT2D eigenvalue weighted by Crippen LogP contribution is 2.31. The number of sulfonamides is 1. The van der Waals surface area contributed by atoms with E-state index in [1.807, 2.05) is 37.8 Å². The summed E-state index contributed by atoms with van der Waals surface area (Å²) < 4.78 is 30.0. The topological polar surface area (TPSA) is 94.6 Å². The summed E-state index contributed by atoms with van der Waals surface area (Å²) in [7, 11) is -3.89. The summed E-state index contributed by atoms with van der Waals surface area (Å²) in [5.41, 5.74) is 3.14. The largest absolute Gasteiger partial charge is 0.352 e. The molecule has 2 aliphatic heterocycles. The third-order valence-corrected chi connectivity index (χ3v) is 8.47. The molecule has 1 amide bonds. The van der Waals surface area contributed by atoms with Crippen LogP contribution in [-0.2, 0) is 10.0 Å². The van der Waals surface area contributed by atoms with Crippen molar-refractivity contribution in [1.82, 2.24) is 15.2 Å². The highest BCUT2D eigenvalue weighted by Gasteiger charge is 2.29. The molecule has 1 aromatic heterocycles. The quantitative estimate of drug-likeness (QED) is 0.655. The number of nitrogens with one attached hydrogen (secondary N) is 2. The maximum absolute atomic E-state index is 13.6. The van der Waals surface area contributed by atoms with E-state index in [2.05, 4.69) is 33.8 Å². The smallest absolute Gasteiger partial charge is 0.262 e. The molecule has 35 heavy (non-hydrogen) atoms. The Kier molecular flexibility index (Phi) is 7.38. The summed E-state index contributed by atoms with van der Waals surface area (Å²) in [6.45, 7) is 14.3. The molecule has 2 fully saturated rings. The van der Waals surface area contributed by atoms with Crippen LogP contribution in [0.2, 0.25) is 0 Å². The van der Waals surface area contributed by atoms with Crippen LogP contribution in [-0.4, -0.2) is 63.5 Å². The molecule has 3 heterocycles. The van der Waals surface area contributed by atoms with Gasteiger partial charge >= 0.3 is 0 Å². The Hall–Kier alpha value is -2.65. The van der Waals surface area contributed by atoms with E-state index in [9.17, 15) is 13.2 Å². The van der Waals surface area contributed by atoms with Crippen LogP contribution in [0.5, 0.6) is 0 Å². The number of hydrogen-bond acceptors (Lipinski definition) is 6. The third kappa shape index (κ3) is 5.62. The molecular formula is C26H37N5O3S. The van der Waals surface area contributed by atoms with Gasteiger partial charge in [-0.05, 0) is 56.2 Å². The van der Waals surface area contributed by atoms with Gasteiger partial charge in [0.1, 0.15) is 0 Å². The van der Waals surface area contributed by atoms with Gasteiger partial charge in [0.2, 0.25) is 0 Å². The molecule has 9 heteroatoms. The predicted molar refractivity (Wildman–Crippen MR) is 140 cm³/mol. The number of likely N-dealkylation sites (tertiary alicyclic amines) is 1. The first kappa shape index (κ1) is 25.4. The number of carbonyl (C=O) groups excluding carboxylic acids is 1. The van der Waals surface area contributed by atoms with Gasteiger partial charge in [-0.15, -0.1) is 0 Å². The van der Waals surface area contributed by atoms with E-state index < -0.39 is 10.0 Å². The summed E-state index contributed by atoms with van der Waals surface area (Å²) in [5.74, 6) is 1.31. The third-order valence-electron chi connectivity index (χ3n) is 6.80. The second-order valence-electron chi connectivity index (χ2n) is 10.3. The van der Waals surface area contributed by atoms with E-state index >= 15 is 0 Å². The first-order chi connectivity index (χ1) is 16.5. The van der Waals surface area contributed by atoms with Crippen LogP contribution < -0.4 is 14.9 Å². The van der Waals surface area contributed by atoms with Crippen molar-refractivity contribution in [2.24, 2.45) is 11.8 Å². The molecule has 190 valence electrons. The Morgan fingerprint density at radius 3 is 2.23 bits per heavy atom. The van der Waals surface area contributed by atoms with E-state index in [0.717, 1.165) is 25.1 Å². The van der Waals surface area contributed by atoms with Crippen molar-refractivity contribution in [2.75, 3.05) is 48.9 Å². The molecule has 0 spiro atoms. The highest BCUT2D eigenvalue weighted by molar-refractivity contribution is 7.92. The Balaban J connectivity index is 1.72. The number of anilines is 2. The van der Waals surface area contributed by atoms with Gasteiger partial charge in [0.25, 0.3) is 15.9 Å². The lowest BCUT2D eigenvalue weighted by Crippen LogP contribution is -2.44. The summed E-state index contributed by atoms with van der Waals surface area (Å²) in [6.07, 6.45) is 2.69. The van der Waals surface area contributed by atoms with Crippen molar-refractivity contribution < 1.29 is 13.2 Å². The lowest BCUT2D eigenvalue weighted by molar-refractivity contribution is 0.0623. The number of hydrogen-bond donors (Lipinski definition) is 2. The van der Waals surface area contributed by atoms with Gasteiger partial charge in [-0.1, -0.05) is 31.5 Å². The number of aromatic nitrogens is 1. The Morgan fingerprint density at radius 1 is 1.03 bits per heavy atom. The number of aryl methyl sites for hydroxylation is 3. The molecular weight excluding hydrogens is 462 g/mol. The van der Waals surface area contributed by atoms with Gasteiger partial charge in [0, 0.05) is 45.5 Å². The van der Waals surface area contributed by atoms with Crippen molar-refractivity contribution in [3.05, 3.63) is 46.6 Å². The van der Waals surface area contributed by atoms with Crippen molar-refractivity contribution in [3.63, 3.8) is 0 Å². The standard InChI is InChI=1S/C26H37N5O3S/c1-17-11-20(4)24(21(5)12-17)35(33,34)29-23-13-22(14-28-25(23)30-8-6-27-7-9-30)26(32)31-15-18(2)10-19(3)16-31/h11-14,18-19,27,29H,6-10,15-16H2,1-5H3. The molecule has 0 saturated carbocycles. The number of amides is 1. The maximum atomic E-state index is 13.6. The fraction of sp³-hybridized carbons (Fsp3) is 0.538.